The van der Waals surface area contributed by atoms with Crippen LogP contribution in [-0.4, -0.2) is 21.1 Å². The summed E-state index contributed by atoms with van der Waals surface area (Å²) in [6.07, 6.45) is 2.39. The lowest BCUT2D eigenvalue weighted by Crippen LogP contribution is -2.17. The summed E-state index contributed by atoms with van der Waals surface area (Å²) in [7, 11) is 0. The molecule has 1 N–H and O–H groups in total. The van der Waals surface area contributed by atoms with Gasteiger partial charge in [0.25, 0.3) is 5.56 Å². The molecular formula is C25H19F3N2O3S. The fraction of sp³-hybridized carbons (Fsp3) is 0.200. The fourth-order valence-electron chi connectivity index (χ4n) is 3.62. The summed E-state index contributed by atoms with van der Waals surface area (Å²) < 4.78 is 47.1. The van der Waals surface area contributed by atoms with Crippen LogP contribution in [-0.2, 0) is 6.18 Å². The van der Waals surface area contributed by atoms with Crippen molar-refractivity contribution in [2.75, 3.05) is 6.61 Å². The van der Waals surface area contributed by atoms with Gasteiger partial charge in [-0.25, -0.2) is 4.98 Å². The first-order valence-electron chi connectivity index (χ1n) is 10.6. The molecule has 2 aromatic carbocycles. The normalized spacial score (nSPS) is 14.2. The minimum atomic E-state index is -4.54. The molecule has 0 spiro atoms. The summed E-state index contributed by atoms with van der Waals surface area (Å²) in [4.78, 5) is 18.2. The maximum atomic E-state index is 13.3. The van der Waals surface area contributed by atoms with E-state index in [4.69, 9.17) is 4.74 Å². The molecule has 2 heterocycles. The number of para-hydroxylation sites is 1. The van der Waals surface area contributed by atoms with Gasteiger partial charge in [0.2, 0.25) is 0 Å². The molecule has 1 saturated carbocycles. The summed E-state index contributed by atoms with van der Waals surface area (Å²) in [6.45, 7) is 0.495. The molecule has 5 nitrogen and oxygen atoms in total. The van der Waals surface area contributed by atoms with Gasteiger partial charge in [0.15, 0.2) is 16.5 Å². The van der Waals surface area contributed by atoms with Crippen molar-refractivity contribution < 1.29 is 23.0 Å². The van der Waals surface area contributed by atoms with Gasteiger partial charge in [0.1, 0.15) is 0 Å². The third-order valence-corrected chi connectivity index (χ3v) is 6.34. The number of nitrogens with zero attached hydrogens (tertiary/aromatic N) is 2. The molecule has 0 atom stereocenters. The Balaban J connectivity index is 1.62. The highest BCUT2D eigenvalue weighted by Gasteiger charge is 2.31. The number of phenolic OH excluding ortho intramolecular Hbond substituents is 1. The summed E-state index contributed by atoms with van der Waals surface area (Å²) in [6, 6.07) is 9.58. The van der Waals surface area contributed by atoms with Crippen molar-refractivity contribution in [3.8, 4) is 22.6 Å². The molecule has 34 heavy (non-hydrogen) atoms. The number of alkyl halides is 3. The van der Waals surface area contributed by atoms with E-state index >= 15 is 0 Å². The summed E-state index contributed by atoms with van der Waals surface area (Å²) in [5, 5.41) is 12.0. The Labute approximate surface area is 196 Å². The Morgan fingerprint density at radius 2 is 1.97 bits per heavy atom. The number of thiazole rings is 1. The summed E-state index contributed by atoms with van der Waals surface area (Å²) in [5.74, 6) is 0.787. The zero-order valence-electron chi connectivity index (χ0n) is 17.7. The van der Waals surface area contributed by atoms with Crippen LogP contribution in [0, 0.1) is 5.92 Å². The second kappa shape index (κ2) is 8.64. The van der Waals surface area contributed by atoms with Gasteiger partial charge in [-0.3, -0.25) is 9.20 Å². The highest BCUT2D eigenvalue weighted by molar-refractivity contribution is 7.15. The van der Waals surface area contributed by atoms with E-state index in [-0.39, 0.29) is 22.6 Å². The average molecular weight is 484 g/mol. The largest absolute Gasteiger partial charge is 0.504 e. The van der Waals surface area contributed by atoms with Gasteiger partial charge >= 0.3 is 6.18 Å². The van der Waals surface area contributed by atoms with E-state index < -0.39 is 17.3 Å². The first kappa shape index (κ1) is 22.2. The van der Waals surface area contributed by atoms with Crippen LogP contribution in [0.4, 0.5) is 13.2 Å². The molecule has 0 amide bonds. The van der Waals surface area contributed by atoms with Crippen molar-refractivity contribution in [2.24, 2.45) is 5.92 Å². The van der Waals surface area contributed by atoms with Gasteiger partial charge in [-0.05, 0) is 54.7 Å². The van der Waals surface area contributed by atoms with E-state index in [0.717, 1.165) is 25.0 Å². The number of hydrogen-bond donors (Lipinski definition) is 1. The van der Waals surface area contributed by atoms with E-state index in [1.54, 1.807) is 35.9 Å². The molecule has 1 aliphatic carbocycles. The molecule has 0 radical (unpaired) electrons. The maximum Gasteiger partial charge on any atom is 0.416 e. The SMILES string of the molecule is O=c1c(-c2cccc(C(F)(F)F)c2)c(/C=C/c2cccc(O)c2OCC2CC2)nc2sccn12. The first-order valence-corrected chi connectivity index (χ1v) is 11.5. The number of rotatable bonds is 6. The zero-order valence-corrected chi connectivity index (χ0v) is 18.6. The Morgan fingerprint density at radius 1 is 1.18 bits per heavy atom. The number of aromatic hydroxyl groups is 1. The van der Waals surface area contributed by atoms with Crippen LogP contribution in [0.2, 0.25) is 0 Å². The third-order valence-electron chi connectivity index (χ3n) is 5.58. The van der Waals surface area contributed by atoms with Crippen LogP contribution in [0.1, 0.15) is 29.7 Å². The van der Waals surface area contributed by atoms with Crippen LogP contribution in [0.3, 0.4) is 0 Å². The quantitative estimate of drug-likeness (QED) is 0.359. The van der Waals surface area contributed by atoms with E-state index in [9.17, 15) is 23.1 Å². The molecule has 1 fully saturated rings. The fourth-order valence-corrected chi connectivity index (χ4v) is 4.34. The topological polar surface area (TPSA) is 63.8 Å². The van der Waals surface area contributed by atoms with Crippen LogP contribution < -0.4 is 10.3 Å². The number of halogens is 3. The van der Waals surface area contributed by atoms with E-state index in [2.05, 4.69) is 4.98 Å². The molecule has 0 unspecified atom stereocenters. The van der Waals surface area contributed by atoms with Crippen LogP contribution in [0.25, 0.3) is 28.2 Å². The average Bonchev–Trinajstić information content (AvgIpc) is 3.51. The number of aromatic nitrogens is 2. The standard InChI is InChI=1S/C25H19F3N2O3S/c26-25(27,28)18-5-1-4-17(13-18)21-19(29-24-30(23(21)32)11-12-34-24)10-9-16-3-2-6-20(31)22(16)33-14-15-7-8-15/h1-6,9-13,15,31H,7-8,14H2/b10-9+. The highest BCUT2D eigenvalue weighted by Crippen LogP contribution is 2.36. The van der Waals surface area contributed by atoms with Crippen molar-refractivity contribution >= 4 is 28.4 Å². The van der Waals surface area contributed by atoms with Crippen molar-refractivity contribution in [3.05, 3.63) is 81.2 Å². The molecule has 0 bridgehead atoms. The molecule has 0 aliphatic heterocycles. The number of phenols is 1. The Bertz CT molecular complexity index is 1450. The maximum absolute atomic E-state index is 13.3. The summed E-state index contributed by atoms with van der Waals surface area (Å²) >= 11 is 1.25. The molecule has 4 aromatic rings. The second-order valence-corrected chi connectivity index (χ2v) is 8.97. The van der Waals surface area contributed by atoms with Gasteiger partial charge in [-0.15, -0.1) is 11.3 Å². The van der Waals surface area contributed by atoms with Crippen LogP contribution >= 0.6 is 11.3 Å². The lowest BCUT2D eigenvalue weighted by Gasteiger charge is -2.12. The molecule has 2 aromatic heterocycles. The van der Waals surface area contributed by atoms with Gasteiger partial charge in [0.05, 0.1) is 23.4 Å². The molecule has 174 valence electrons. The predicted octanol–water partition coefficient (Wildman–Crippen LogP) is 6.11. The Hall–Kier alpha value is -3.59. The van der Waals surface area contributed by atoms with Crippen molar-refractivity contribution in [1.29, 1.82) is 0 Å². The Kier molecular flexibility index (Phi) is 5.65. The summed E-state index contributed by atoms with van der Waals surface area (Å²) in [5.41, 5.74) is -0.343. The van der Waals surface area contributed by atoms with Gasteiger partial charge in [-0.2, -0.15) is 13.2 Å². The highest BCUT2D eigenvalue weighted by atomic mass is 32.1. The lowest BCUT2D eigenvalue weighted by molar-refractivity contribution is -0.137. The first-order chi connectivity index (χ1) is 16.3. The van der Waals surface area contributed by atoms with E-state index in [1.165, 1.54) is 33.9 Å². The lowest BCUT2D eigenvalue weighted by atomic mass is 10.0. The van der Waals surface area contributed by atoms with Gasteiger partial charge in [-0.1, -0.05) is 24.3 Å². The predicted molar refractivity (Wildman–Crippen MR) is 125 cm³/mol. The zero-order chi connectivity index (χ0) is 23.9. The molecule has 0 saturated heterocycles. The van der Waals surface area contributed by atoms with E-state index in [0.29, 0.717) is 28.8 Å². The van der Waals surface area contributed by atoms with E-state index in [1.807, 2.05) is 0 Å². The number of benzene rings is 2. The van der Waals surface area contributed by atoms with Crippen molar-refractivity contribution in [2.45, 2.75) is 19.0 Å². The van der Waals surface area contributed by atoms with Crippen LogP contribution in [0.15, 0.2) is 58.8 Å². The van der Waals surface area contributed by atoms with Gasteiger partial charge < -0.3 is 9.84 Å². The van der Waals surface area contributed by atoms with Gasteiger partial charge in [0, 0.05) is 17.1 Å². The number of hydrogen-bond acceptors (Lipinski definition) is 5. The minimum Gasteiger partial charge on any atom is -0.504 e. The second-order valence-electron chi connectivity index (χ2n) is 8.09. The monoisotopic (exact) mass is 484 g/mol. The van der Waals surface area contributed by atoms with Crippen LogP contribution in [0.5, 0.6) is 11.5 Å². The third kappa shape index (κ3) is 4.43. The van der Waals surface area contributed by atoms with Crippen molar-refractivity contribution in [3.63, 3.8) is 0 Å². The molecule has 5 rings (SSSR count). The Morgan fingerprint density at radius 3 is 2.74 bits per heavy atom. The number of ether oxygens (including phenoxy) is 1. The molecule has 9 heteroatoms. The number of fused-ring (bicyclic) bond motifs is 1. The minimum absolute atomic E-state index is 0.0114. The van der Waals surface area contributed by atoms with Crippen molar-refractivity contribution in [1.82, 2.24) is 9.38 Å². The molecular weight excluding hydrogens is 465 g/mol. The molecule has 1 aliphatic rings. The smallest absolute Gasteiger partial charge is 0.416 e.